The number of halogens is 1. The molecule has 1 aromatic heterocycles. The van der Waals surface area contributed by atoms with Gasteiger partial charge in [0.15, 0.2) is 0 Å². The third-order valence-corrected chi connectivity index (χ3v) is 4.24. The number of H-pyrrole nitrogens is 1. The second kappa shape index (κ2) is 6.05. The van der Waals surface area contributed by atoms with Crippen LogP contribution < -0.4 is 10.1 Å². The van der Waals surface area contributed by atoms with Crippen molar-refractivity contribution in [2.45, 2.75) is 13.0 Å². The van der Waals surface area contributed by atoms with Gasteiger partial charge in [-0.2, -0.15) is 5.10 Å². The fourth-order valence-corrected chi connectivity index (χ4v) is 3.08. The lowest BCUT2D eigenvalue weighted by atomic mass is 9.97. The summed E-state index contributed by atoms with van der Waals surface area (Å²) in [5.74, 6) is 0.254. The third-order valence-electron chi connectivity index (χ3n) is 4.24. The highest BCUT2D eigenvalue weighted by Gasteiger charge is 2.35. The van der Waals surface area contributed by atoms with Crippen molar-refractivity contribution in [2.24, 2.45) is 0 Å². The molecular formula is C19H16FN3O2. The highest BCUT2D eigenvalue weighted by atomic mass is 19.1. The van der Waals surface area contributed by atoms with Crippen molar-refractivity contribution in [1.29, 1.82) is 0 Å². The Morgan fingerprint density at radius 2 is 1.84 bits per heavy atom. The summed E-state index contributed by atoms with van der Waals surface area (Å²) in [5, 5.41) is 10.1. The Kier molecular flexibility index (Phi) is 3.72. The molecule has 1 amide bonds. The molecule has 2 N–H and O–H groups in total. The molecule has 0 radical (unpaired) electrons. The second-order valence-corrected chi connectivity index (χ2v) is 5.78. The summed E-state index contributed by atoms with van der Waals surface area (Å²) in [6.45, 7) is 2.53. The molecular weight excluding hydrogens is 321 g/mol. The molecule has 6 heteroatoms. The highest BCUT2D eigenvalue weighted by Crippen LogP contribution is 2.37. The van der Waals surface area contributed by atoms with Crippen molar-refractivity contribution in [3.8, 4) is 17.0 Å². The van der Waals surface area contributed by atoms with Crippen LogP contribution in [0.25, 0.3) is 11.3 Å². The van der Waals surface area contributed by atoms with Crippen molar-refractivity contribution in [1.82, 2.24) is 15.5 Å². The van der Waals surface area contributed by atoms with Crippen LogP contribution in [0.1, 0.15) is 34.6 Å². The van der Waals surface area contributed by atoms with E-state index in [1.807, 2.05) is 31.2 Å². The van der Waals surface area contributed by atoms with Gasteiger partial charge in [-0.3, -0.25) is 9.89 Å². The first-order valence-electron chi connectivity index (χ1n) is 8.05. The Morgan fingerprint density at radius 3 is 2.52 bits per heavy atom. The van der Waals surface area contributed by atoms with Gasteiger partial charge < -0.3 is 10.1 Å². The van der Waals surface area contributed by atoms with Crippen LogP contribution in [0.4, 0.5) is 4.39 Å². The lowest BCUT2D eigenvalue weighted by molar-refractivity contribution is 0.0955. The van der Waals surface area contributed by atoms with E-state index in [1.54, 1.807) is 12.1 Å². The molecule has 0 saturated carbocycles. The van der Waals surface area contributed by atoms with Gasteiger partial charge in [0, 0.05) is 11.1 Å². The maximum atomic E-state index is 13.2. The Morgan fingerprint density at radius 1 is 1.12 bits per heavy atom. The number of amides is 1. The number of aromatic nitrogens is 2. The standard InChI is InChI=1S/C19H16FN3O2/c1-2-25-14-9-5-12(6-10-14)17-15-16(11-3-7-13(20)8-4-11)21-19(24)18(15)23-22-17/h3-10,16H,2H2,1H3,(H,21,24)(H,22,23)/t16-/m0/s1. The van der Waals surface area contributed by atoms with Gasteiger partial charge in [-0.25, -0.2) is 4.39 Å². The van der Waals surface area contributed by atoms with E-state index < -0.39 is 0 Å². The Labute approximate surface area is 143 Å². The number of nitrogens with zero attached hydrogens (tertiary/aromatic N) is 1. The van der Waals surface area contributed by atoms with Gasteiger partial charge in [-0.05, 0) is 48.9 Å². The minimum atomic E-state index is -0.358. The number of ether oxygens (including phenoxy) is 1. The van der Waals surface area contributed by atoms with Crippen molar-refractivity contribution in [3.63, 3.8) is 0 Å². The Hall–Kier alpha value is -3.15. The first-order chi connectivity index (χ1) is 12.2. The summed E-state index contributed by atoms with van der Waals surface area (Å²) in [4.78, 5) is 12.2. The molecule has 1 aliphatic rings. The molecule has 0 saturated heterocycles. The molecule has 2 aromatic carbocycles. The van der Waals surface area contributed by atoms with Crippen LogP contribution in [-0.2, 0) is 0 Å². The number of nitrogens with one attached hydrogen (secondary N) is 2. The molecule has 1 aliphatic heterocycles. The van der Waals surface area contributed by atoms with Crippen molar-refractivity contribution in [2.75, 3.05) is 6.61 Å². The summed E-state index contributed by atoms with van der Waals surface area (Å²) in [7, 11) is 0. The summed E-state index contributed by atoms with van der Waals surface area (Å²) in [6.07, 6.45) is 0. The van der Waals surface area contributed by atoms with Gasteiger partial charge in [-0.1, -0.05) is 12.1 Å². The Bertz CT molecular complexity index is 917. The fraction of sp³-hybridized carbons (Fsp3) is 0.158. The minimum Gasteiger partial charge on any atom is -0.494 e. The molecule has 3 aromatic rings. The molecule has 25 heavy (non-hydrogen) atoms. The minimum absolute atomic E-state index is 0.214. The summed E-state index contributed by atoms with van der Waals surface area (Å²) < 4.78 is 18.7. The molecule has 4 rings (SSSR count). The van der Waals surface area contributed by atoms with Crippen molar-refractivity contribution in [3.05, 3.63) is 71.2 Å². The first kappa shape index (κ1) is 15.4. The van der Waals surface area contributed by atoms with Crippen LogP contribution in [0.15, 0.2) is 48.5 Å². The van der Waals surface area contributed by atoms with Crippen LogP contribution in [0, 0.1) is 5.82 Å². The normalized spacial score (nSPS) is 15.8. The zero-order valence-electron chi connectivity index (χ0n) is 13.5. The molecule has 0 aliphatic carbocycles. The monoisotopic (exact) mass is 337 g/mol. The highest BCUT2D eigenvalue weighted by molar-refractivity contribution is 6.00. The second-order valence-electron chi connectivity index (χ2n) is 5.78. The number of benzene rings is 2. The SMILES string of the molecule is CCOc1ccc(-c2n[nH]c3c2[C@H](c2ccc(F)cc2)NC3=O)cc1. The number of fused-ring (bicyclic) bond motifs is 1. The first-order valence-corrected chi connectivity index (χ1v) is 8.05. The van der Waals surface area contributed by atoms with E-state index in [4.69, 9.17) is 4.74 Å². The van der Waals surface area contributed by atoms with Gasteiger partial charge in [0.1, 0.15) is 17.3 Å². The maximum absolute atomic E-state index is 13.2. The fourth-order valence-electron chi connectivity index (χ4n) is 3.08. The van der Waals surface area contributed by atoms with E-state index in [0.717, 1.165) is 22.4 Å². The Balaban J connectivity index is 1.76. The average molecular weight is 337 g/mol. The number of hydrogen-bond donors (Lipinski definition) is 2. The van der Waals surface area contributed by atoms with E-state index >= 15 is 0 Å². The molecule has 0 unspecified atom stereocenters. The molecule has 0 fully saturated rings. The molecule has 0 spiro atoms. The van der Waals surface area contributed by atoms with Gasteiger partial charge in [0.25, 0.3) is 5.91 Å². The van der Waals surface area contributed by atoms with E-state index in [1.165, 1.54) is 12.1 Å². The van der Waals surface area contributed by atoms with E-state index in [-0.39, 0.29) is 17.8 Å². The molecule has 5 nitrogen and oxygen atoms in total. The third kappa shape index (κ3) is 2.65. The smallest absolute Gasteiger partial charge is 0.270 e. The van der Waals surface area contributed by atoms with Crippen LogP contribution in [-0.4, -0.2) is 22.7 Å². The van der Waals surface area contributed by atoms with Crippen molar-refractivity contribution >= 4 is 5.91 Å². The van der Waals surface area contributed by atoms with E-state index in [9.17, 15) is 9.18 Å². The lowest BCUT2D eigenvalue weighted by Gasteiger charge is -2.13. The predicted molar refractivity (Wildman–Crippen MR) is 90.9 cm³/mol. The largest absolute Gasteiger partial charge is 0.494 e. The molecule has 2 heterocycles. The number of aromatic amines is 1. The molecule has 0 bridgehead atoms. The zero-order valence-corrected chi connectivity index (χ0v) is 13.5. The summed E-state index contributed by atoms with van der Waals surface area (Å²) in [5.41, 5.74) is 3.61. The van der Waals surface area contributed by atoms with Gasteiger partial charge in [0.05, 0.1) is 18.3 Å². The molecule has 1 atom stereocenters. The topological polar surface area (TPSA) is 67.0 Å². The summed E-state index contributed by atoms with van der Waals surface area (Å²) >= 11 is 0. The van der Waals surface area contributed by atoms with Gasteiger partial charge in [0.2, 0.25) is 0 Å². The number of carbonyl (C=O) groups excluding carboxylic acids is 1. The van der Waals surface area contributed by atoms with E-state index in [2.05, 4.69) is 15.5 Å². The predicted octanol–water partition coefficient (Wildman–Crippen LogP) is 3.45. The lowest BCUT2D eigenvalue weighted by Crippen LogP contribution is -2.21. The summed E-state index contributed by atoms with van der Waals surface area (Å²) in [6, 6.07) is 13.3. The number of rotatable bonds is 4. The van der Waals surface area contributed by atoms with Crippen LogP contribution >= 0.6 is 0 Å². The number of carbonyl (C=O) groups is 1. The van der Waals surface area contributed by atoms with Gasteiger partial charge in [-0.15, -0.1) is 0 Å². The van der Waals surface area contributed by atoms with Crippen LogP contribution in [0.2, 0.25) is 0 Å². The number of hydrogen-bond acceptors (Lipinski definition) is 3. The van der Waals surface area contributed by atoms with E-state index in [0.29, 0.717) is 18.0 Å². The van der Waals surface area contributed by atoms with Crippen molar-refractivity contribution < 1.29 is 13.9 Å². The quantitative estimate of drug-likeness (QED) is 0.766. The average Bonchev–Trinajstić information content (AvgIpc) is 3.19. The zero-order chi connectivity index (χ0) is 17.4. The molecule has 126 valence electrons. The van der Waals surface area contributed by atoms with Crippen LogP contribution in [0.5, 0.6) is 5.75 Å². The van der Waals surface area contributed by atoms with Gasteiger partial charge >= 0.3 is 0 Å². The maximum Gasteiger partial charge on any atom is 0.270 e. The van der Waals surface area contributed by atoms with Crippen LogP contribution in [0.3, 0.4) is 0 Å².